The quantitative estimate of drug-likeness (QED) is 0.149. The number of nitrogens with zero attached hydrogens (tertiary/aromatic N) is 4. The predicted molar refractivity (Wildman–Crippen MR) is 163 cm³/mol. The molecule has 13 heteroatoms. The number of hydrogen-bond donors (Lipinski definition) is 1. The molecule has 1 heterocycles. The summed E-state index contributed by atoms with van der Waals surface area (Å²) in [5, 5.41) is 15.7. The van der Waals surface area contributed by atoms with E-state index in [-0.39, 0.29) is 11.4 Å². The Bertz CT molecular complexity index is 1820. The van der Waals surface area contributed by atoms with Gasteiger partial charge in [-0.1, -0.05) is 30.3 Å². The highest BCUT2D eigenvalue weighted by molar-refractivity contribution is 7.93. The van der Waals surface area contributed by atoms with Gasteiger partial charge >= 0.3 is 0 Å². The molecule has 0 spiro atoms. The van der Waals surface area contributed by atoms with Crippen molar-refractivity contribution in [3.63, 3.8) is 0 Å². The summed E-state index contributed by atoms with van der Waals surface area (Å²) in [5.41, 5.74) is 6.44. The molecule has 12 nitrogen and oxygen atoms in total. The van der Waals surface area contributed by atoms with Crippen molar-refractivity contribution >= 4 is 33.5 Å². The molecule has 0 saturated heterocycles. The molecule has 3 aromatic carbocycles. The van der Waals surface area contributed by atoms with Gasteiger partial charge in [0.25, 0.3) is 21.6 Å². The number of benzene rings is 3. The minimum Gasteiger partial charge on any atom is -0.497 e. The molecule has 0 aliphatic heterocycles. The summed E-state index contributed by atoms with van der Waals surface area (Å²) in [7, 11) is -1.89. The second-order valence-electron chi connectivity index (χ2n) is 9.52. The highest BCUT2D eigenvalue weighted by Gasteiger charge is 2.34. The number of hydrogen-bond acceptors (Lipinski definition) is 8. The minimum atomic E-state index is -4.64. The lowest BCUT2D eigenvalue weighted by molar-refractivity contribution is -0.387. The van der Waals surface area contributed by atoms with Crippen LogP contribution in [0.25, 0.3) is 5.69 Å². The lowest BCUT2D eigenvalue weighted by Crippen LogP contribution is -2.40. The van der Waals surface area contributed by atoms with Gasteiger partial charge in [-0.15, -0.1) is 0 Å². The Morgan fingerprint density at radius 3 is 2.40 bits per heavy atom. The molecule has 0 saturated carbocycles. The van der Waals surface area contributed by atoms with Crippen LogP contribution in [0.3, 0.4) is 0 Å². The molecule has 4 aromatic rings. The molecule has 0 fully saturated rings. The van der Waals surface area contributed by atoms with E-state index >= 15 is 0 Å². The molecule has 0 aliphatic rings. The van der Waals surface area contributed by atoms with Crippen molar-refractivity contribution in [2.24, 2.45) is 5.10 Å². The molecular weight excluding hydrogens is 574 g/mol. The number of hydrazone groups is 1. The van der Waals surface area contributed by atoms with Crippen molar-refractivity contribution in [2.45, 2.75) is 25.7 Å². The molecule has 0 unspecified atom stereocenters. The van der Waals surface area contributed by atoms with Gasteiger partial charge in [-0.25, -0.2) is 13.8 Å². The Hall–Kier alpha value is -5.17. The van der Waals surface area contributed by atoms with Gasteiger partial charge in [0, 0.05) is 34.8 Å². The number of carbonyl (C=O) groups is 1. The molecule has 0 aliphatic carbocycles. The summed E-state index contributed by atoms with van der Waals surface area (Å²) in [4.78, 5) is 23.4. The number of nitrogens with one attached hydrogen (secondary N) is 1. The van der Waals surface area contributed by atoms with Crippen molar-refractivity contribution in [1.29, 1.82) is 0 Å². The first kappa shape index (κ1) is 30.8. The Labute approximate surface area is 249 Å². The average molecular weight is 606 g/mol. The fourth-order valence-corrected chi connectivity index (χ4v) is 6.27. The van der Waals surface area contributed by atoms with Crippen LogP contribution in [0.1, 0.15) is 22.5 Å². The first-order valence-electron chi connectivity index (χ1n) is 13.0. The number of sulfonamides is 1. The number of para-hydroxylation sites is 2. The van der Waals surface area contributed by atoms with Crippen LogP contribution in [-0.2, 0) is 14.8 Å². The molecule has 0 atom stereocenters. The van der Waals surface area contributed by atoms with Crippen LogP contribution in [0.2, 0.25) is 0 Å². The van der Waals surface area contributed by atoms with Gasteiger partial charge < -0.3 is 14.0 Å². The molecule has 0 bridgehead atoms. The van der Waals surface area contributed by atoms with Crippen molar-refractivity contribution < 1.29 is 27.6 Å². The largest absolute Gasteiger partial charge is 0.497 e. The van der Waals surface area contributed by atoms with Crippen LogP contribution in [0, 0.1) is 30.9 Å². The van der Waals surface area contributed by atoms with Crippen LogP contribution >= 0.6 is 0 Å². The maximum Gasteiger partial charge on any atom is 0.289 e. The van der Waals surface area contributed by atoms with Gasteiger partial charge in [0.1, 0.15) is 18.0 Å². The van der Waals surface area contributed by atoms with Gasteiger partial charge in [0.05, 0.1) is 31.0 Å². The number of nitro groups is 1. The van der Waals surface area contributed by atoms with E-state index in [0.29, 0.717) is 5.75 Å². The summed E-state index contributed by atoms with van der Waals surface area (Å²) in [6.45, 7) is 5.16. The Kier molecular flexibility index (Phi) is 9.15. The number of anilines is 1. The fourth-order valence-electron chi connectivity index (χ4n) is 4.68. The number of nitro benzene ring substituents is 1. The Morgan fingerprint density at radius 1 is 1.02 bits per heavy atom. The van der Waals surface area contributed by atoms with Crippen LogP contribution in [0.4, 0.5) is 11.4 Å². The second kappa shape index (κ2) is 12.8. The summed E-state index contributed by atoms with van der Waals surface area (Å²) in [6, 6.07) is 19.1. The zero-order valence-electron chi connectivity index (χ0n) is 24.3. The van der Waals surface area contributed by atoms with E-state index < -0.39 is 38.0 Å². The standard InChI is InChI=1S/C30H31N5O7S/c1-20-10-6-7-11-25(20)34-21(2)16-23(22(34)3)18-31-32-30(36)19-33(26-15-14-24(41-4)17-28(26)42-5)43(39,40)29-13-9-8-12-27(29)35(37)38/h6-18H,19H2,1-5H3,(H,32,36)/b31-18+. The van der Waals surface area contributed by atoms with E-state index in [1.54, 1.807) is 0 Å². The SMILES string of the molecule is COc1ccc(N(CC(=O)N/N=C/c2cc(C)n(-c3ccccc3C)c2C)S(=O)(=O)c2ccccc2[N+](=O)[O-])c(OC)c1. The van der Waals surface area contributed by atoms with Gasteiger partial charge in [0.15, 0.2) is 4.90 Å². The van der Waals surface area contributed by atoms with Gasteiger partial charge in [-0.05, 0) is 56.7 Å². The Morgan fingerprint density at radius 2 is 1.72 bits per heavy atom. The average Bonchev–Trinajstić information content (AvgIpc) is 3.27. The van der Waals surface area contributed by atoms with Crippen molar-refractivity contribution in [2.75, 3.05) is 25.1 Å². The van der Waals surface area contributed by atoms with E-state index in [2.05, 4.69) is 15.1 Å². The summed E-state index contributed by atoms with van der Waals surface area (Å²) < 4.78 is 41.2. The van der Waals surface area contributed by atoms with Gasteiger partial charge in [-0.3, -0.25) is 19.2 Å². The number of methoxy groups -OCH3 is 2. The maximum absolute atomic E-state index is 13.9. The second-order valence-corrected chi connectivity index (χ2v) is 11.3. The minimum absolute atomic E-state index is 0.0256. The zero-order valence-corrected chi connectivity index (χ0v) is 25.1. The first-order valence-corrected chi connectivity index (χ1v) is 14.5. The smallest absolute Gasteiger partial charge is 0.289 e. The van der Waals surface area contributed by atoms with Gasteiger partial charge in [0.2, 0.25) is 0 Å². The number of amides is 1. The summed E-state index contributed by atoms with van der Waals surface area (Å²) in [6.07, 6.45) is 1.48. The predicted octanol–water partition coefficient (Wildman–Crippen LogP) is 4.67. The third-order valence-electron chi connectivity index (χ3n) is 6.79. The summed E-state index contributed by atoms with van der Waals surface area (Å²) in [5.74, 6) is -0.341. The molecule has 4 rings (SSSR count). The van der Waals surface area contributed by atoms with E-state index in [0.717, 1.165) is 44.6 Å². The Balaban J connectivity index is 1.66. The van der Waals surface area contributed by atoms with E-state index in [9.17, 15) is 23.3 Å². The third kappa shape index (κ3) is 6.36. The zero-order chi connectivity index (χ0) is 31.3. The molecule has 0 radical (unpaired) electrons. The fraction of sp³-hybridized carbons (Fsp3) is 0.200. The summed E-state index contributed by atoms with van der Waals surface area (Å²) >= 11 is 0. The lowest BCUT2D eigenvalue weighted by Gasteiger charge is -2.25. The molecule has 1 amide bonds. The number of rotatable bonds is 11. The molecule has 1 aromatic heterocycles. The lowest BCUT2D eigenvalue weighted by atomic mass is 10.2. The first-order chi connectivity index (χ1) is 20.5. The van der Waals surface area contributed by atoms with Crippen LogP contribution in [-0.4, -0.2) is 50.8 Å². The number of ether oxygens (including phenoxy) is 2. The molecule has 43 heavy (non-hydrogen) atoms. The van der Waals surface area contributed by atoms with Crippen LogP contribution < -0.4 is 19.2 Å². The van der Waals surface area contributed by atoms with E-state index in [4.69, 9.17) is 9.47 Å². The normalized spacial score (nSPS) is 11.4. The topological polar surface area (TPSA) is 145 Å². The maximum atomic E-state index is 13.9. The third-order valence-corrected chi connectivity index (χ3v) is 8.60. The number of aromatic nitrogens is 1. The van der Waals surface area contributed by atoms with E-state index in [1.807, 2.05) is 51.1 Å². The van der Waals surface area contributed by atoms with Crippen LogP contribution in [0.5, 0.6) is 11.5 Å². The monoisotopic (exact) mass is 605 g/mol. The molecular formula is C30H31N5O7S. The number of carbonyl (C=O) groups excluding carboxylic acids is 1. The van der Waals surface area contributed by atoms with Crippen molar-refractivity contribution in [1.82, 2.24) is 9.99 Å². The van der Waals surface area contributed by atoms with Crippen molar-refractivity contribution in [3.8, 4) is 17.2 Å². The molecule has 224 valence electrons. The van der Waals surface area contributed by atoms with Gasteiger partial charge in [-0.2, -0.15) is 5.10 Å². The van der Waals surface area contributed by atoms with Crippen LogP contribution in [0.15, 0.2) is 82.8 Å². The van der Waals surface area contributed by atoms with Crippen molar-refractivity contribution in [3.05, 3.63) is 105 Å². The highest BCUT2D eigenvalue weighted by Crippen LogP contribution is 2.37. The van der Waals surface area contributed by atoms with E-state index in [1.165, 1.54) is 50.8 Å². The number of aryl methyl sites for hydroxylation is 2. The molecule has 1 N–H and O–H groups in total. The highest BCUT2D eigenvalue weighted by atomic mass is 32.2.